The molecular weight excluding hydrogens is 206 g/mol. The maximum atomic E-state index is 11.5. The van der Waals surface area contributed by atoms with Crippen LogP contribution in [-0.4, -0.2) is 36.2 Å². The SMILES string of the molecule is CCOC(=O)C(=[N+]=[N-])C(C)[C@@H](NC)C(C)C. The van der Waals surface area contributed by atoms with Gasteiger partial charge in [0.1, 0.15) is 0 Å². The van der Waals surface area contributed by atoms with E-state index in [9.17, 15) is 4.79 Å². The summed E-state index contributed by atoms with van der Waals surface area (Å²) in [6.07, 6.45) is 0. The van der Waals surface area contributed by atoms with E-state index in [2.05, 4.69) is 10.1 Å². The van der Waals surface area contributed by atoms with Crippen molar-refractivity contribution in [2.75, 3.05) is 13.7 Å². The first kappa shape index (κ1) is 14.8. The Bertz CT molecular complexity index is 283. The number of nitrogens with zero attached hydrogens (tertiary/aromatic N) is 2. The van der Waals surface area contributed by atoms with Gasteiger partial charge in [0.2, 0.25) is 0 Å². The summed E-state index contributed by atoms with van der Waals surface area (Å²) in [4.78, 5) is 14.6. The van der Waals surface area contributed by atoms with Crippen LogP contribution in [0.1, 0.15) is 27.7 Å². The molecule has 0 aromatic carbocycles. The Hall–Kier alpha value is -1.19. The molecule has 0 saturated heterocycles. The maximum absolute atomic E-state index is 11.5. The number of rotatable bonds is 6. The van der Waals surface area contributed by atoms with Gasteiger partial charge in [-0.15, -0.1) is 0 Å². The average molecular weight is 227 g/mol. The lowest BCUT2D eigenvalue weighted by molar-refractivity contribution is -0.140. The molecule has 0 aromatic heterocycles. The van der Waals surface area contributed by atoms with E-state index in [-0.39, 0.29) is 24.3 Å². The van der Waals surface area contributed by atoms with E-state index in [0.29, 0.717) is 5.92 Å². The Balaban J connectivity index is 4.84. The zero-order valence-electron chi connectivity index (χ0n) is 10.7. The molecule has 92 valence electrons. The second kappa shape index (κ2) is 7.14. The van der Waals surface area contributed by atoms with Crippen LogP contribution in [-0.2, 0) is 9.53 Å². The normalized spacial score (nSPS) is 14.1. The van der Waals surface area contributed by atoms with E-state index in [0.717, 1.165) is 0 Å². The van der Waals surface area contributed by atoms with Crippen LogP contribution in [0.2, 0.25) is 0 Å². The van der Waals surface area contributed by atoms with Crippen molar-refractivity contribution in [1.82, 2.24) is 5.32 Å². The number of carbonyl (C=O) groups is 1. The largest absolute Gasteiger partial charge is 0.457 e. The molecule has 16 heavy (non-hydrogen) atoms. The van der Waals surface area contributed by atoms with Gasteiger partial charge in [0, 0.05) is 6.04 Å². The smallest absolute Gasteiger partial charge is 0.417 e. The molecule has 0 spiro atoms. The lowest BCUT2D eigenvalue weighted by Gasteiger charge is -2.23. The van der Waals surface area contributed by atoms with Crippen LogP contribution in [0, 0.1) is 11.8 Å². The summed E-state index contributed by atoms with van der Waals surface area (Å²) in [6, 6.07) is 0.0651. The molecule has 5 nitrogen and oxygen atoms in total. The Labute approximate surface area is 96.8 Å². The van der Waals surface area contributed by atoms with Crippen molar-refractivity contribution in [2.45, 2.75) is 33.7 Å². The van der Waals surface area contributed by atoms with Gasteiger partial charge in [0.15, 0.2) is 0 Å². The van der Waals surface area contributed by atoms with Crippen LogP contribution < -0.4 is 5.32 Å². The van der Waals surface area contributed by atoms with Gasteiger partial charge in [0.25, 0.3) is 0 Å². The van der Waals surface area contributed by atoms with Crippen LogP contribution in [0.15, 0.2) is 0 Å². The number of carbonyl (C=O) groups excluding carboxylic acids is 1. The Morgan fingerprint density at radius 1 is 1.44 bits per heavy atom. The van der Waals surface area contributed by atoms with Crippen LogP contribution in [0.25, 0.3) is 5.53 Å². The summed E-state index contributed by atoms with van der Waals surface area (Å²) < 4.78 is 4.83. The highest BCUT2D eigenvalue weighted by molar-refractivity contribution is 6.34. The Morgan fingerprint density at radius 2 is 2.00 bits per heavy atom. The highest BCUT2D eigenvalue weighted by atomic mass is 16.5. The fourth-order valence-corrected chi connectivity index (χ4v) is 1.85. The number of ether oxygens (including phenoxy) is 1. The Morgan fingerprint density at radius 3 is 2.31 bits per heavy atom. The standard InChI is InChI=1S/C11H21N3O2/c1-6-16-11(15)10(14-12)8(4)9(13-5)7(2)3/h7-9,13H,6H2,1-5H3/t8?,9-/m0/s1. The summed E-state index contributed by atoms with van der Waals surface area (Å²) in [5.74, 6) is -0.432. The van der Waals surface area contributed by atoms with E-state index in [1.54, 1.807) is 6.92 Å². The molecule has 0 rings (SSSR count). The van der Waals surface area contributed by atoms with Gasteiger partial charge in [-0.2, -0.15) is 4.79 Å². The van der Waals surface area contributed by atoms with Crippen molar-refractivity contribution in [3.8, 4) is 0 Å². The first-order chi connectivity index (χ1) is 7.49. The van der Waals surface area contributed by atoms with Crippen molar-refractivity contribution >= 4 is 11.7 Å². The molecule has 0 aliphatic heterocycles. The van der Waals surface area contributed by atoms with Crippen LogP contribution in [0.3, 0.4) is 0 Å². The van der Waals surface area contributed by atoms with Crippen LogP contribution in [0.5, 0.6) is 0 Å². The van der Waals surface area contributed by atoms with Gasteiger partial charge in [-0.1, -0.05) is 13.8 Å². The van der Waals surface area contributed by atoms with Crippen molar-refractivity contribution in [3.05, 3.63) is 5.53 Å². The molecule has 1 unspecified atom stereocenters. The second-order valence-corrected chi connectivity index (χ2v) is 4.05. The van der Waals surface area contributed by atoms with Crippen molar-refractivity contribution < 1.29 is 14.3 Å². The Kier molecular flexibility index (Phi) is 6.61. The molecule has 0 heterocycles. The van der Waals surface area contributed by atoms with E-state index < -0.39 is 5.97 Å². The molecule has 0 bridgehead atoms. The molecular formula is C11H21N3O2. The van der Waals surface area contributed by atoms with Gasteiger partial charge in [0.05, 0.1) is 12.5 Å². The summed E-state index contributed by atoms with van der Waals surface area (Å²) in [7, 11) is 1.82. The highest BCUT2D eigenvalue weighted by Gasteiger charge is 2.35. The van der Waals surface area contributed by atoms with Crippen LogP contribution >= 0.6 is 0 Å². The van der Waals surface area contributed by atoms with E-state index in [1.165, 1.54) is 0 Å². The first-order valence-electron chi connectivity index (χ1n) is 5.55. The lowest BCUT2D eigenvalue weighted by Crippen LogP contribution is -2.43. The van der Waals surface area contributed by atoms with E-state index in [4.69, 9.17) is 10.3 Å². The minimum Gasteiger partial charge on any atom is -0.457 e. The quantitative estimate of drug-likeness (QED) is 0.319. The first-order valence-corrected chi connectivity index (χ1v) is 5.55. The summed E-state index contributed by atoms with van der Waals surface area (Å²) in [5.41, 5.74) is 8.94. The minimum atomic E-state index is -0.557. The zero-order valence-corrected chi connectivity index (χ0v) is 10.7. The van der Waals surface area contributed by atoms with Crippen LogP contribution in [0.4, 0.5) is 0 Å². The third-order valence-corrected chi connectivity index (χ3v) is 2.61. The second-order valence-electron chi connectivity index (χ2n) is 4.05. The topological polar surface area (TPSA) is 74.7 Å². The molecule has 5 heteroatoms. The molecule has 1 N–H and O–H groups in total. The fraction of sp³-hybridized carbons (Fsp3) is 0.818. The molecule has 0 aliphatic rings. The maximum Gasteiger partial charge on any atom is 0.417 e. The average Bonchev–Trinajstić information content (AvgIpc) is 2.19. The predicted molar refractivity (Wildman–Crippen MR) is 62.1 cm³/mol. The highest BCUT2D eigenvalue weighted by Crippen LogP contribution is 2.14. The monoisotopic (exact) mass is 227 g/mol. The van der Waals surface area contributed by atoms with Gasteiger partial charge in [-0.25, -0.2) is 4.79 Å². The number of nitrogens with one attached hydrogen (secondary N) is 1. The fourth-order valence-electron chi connectivity index (χ4n) is 1.85. The molecule has 0 amide bonds. The van der Waals surface area contributed by atoms with Gasteiger partial charge >= 0.3 is 11.7 Å². The molecule has 0 aromatic rings. The van der Waals surface area contributed by atoms with E-state index in [1.807, 2.05) is 27.8 Å². The van der Waals surface area contributed by atoms with Gasteiger partial charge in [-0.3, -0.25) is 0 Å². The zero-order chi connectivity index (χ0) is 12.7. The third-order valence-electron chi connectivity index (χ3n) is 2.61. The molecule has 0 saturated carbocycles. The van der Waals surface area contributed by atoms with Gasteiger partial charge < -0.3 is 15.6 Å². The van der Waals surface area contributed by atoms with Crippen molar-refractivity contribution in [1.29, 1.82) is 0 Å². The van der Waals surface area contributed by atoms with Crippen molar-refractivity contribution in [3.63, 3.8) is 0 Å². The number of esters is 1. The summed E-state index contributed by atoms with van der Waals surface area (Å²) in [6.45, 7) is 7.91. The summed E-state index contributed by atoms with van der Waals surface area (Å²) >= 11 is 0. The molecule has 0 radical (unpaired) electrons. The predicted octanol–water partition coefficient (Wildman–Crippen LogP) is 1.10. The van der Waals surface area contributed by atoms with Crippen molar-refractivity contribution in [2.24, 2.45) is 11.8 Å². The number of hydrogen-bond acceptors (Lipinski definition) is 3. The van der Waals surface area contributed by atoms with Gasteiger partial charge in [-0.05, 0) is 26.8 Å². The van der Waals surface area contributed by atoms with E-state index >= 15 is 0 Å². The minimum absolute atomic E-state index is 0.0647. The third kappa shape index (κ3) is 3.76. The number of hydrogen-bond donors (Lipinski definition) is 1. The summed E-state index contributed by atoms with van der Waals surface area (Å²) in [5, 5.41) is 3.11. The lowest BCUT2D eigenvalue weighted by atomic mass is 9.88. The molecule has 2 atom stereocenters. The molecule has 0 fully saturated rings. The molecule has 0 aliphatic carbocycles.